The van der Waals surface area contributed by atoms with Crippen LogP contribution in [-0.2, 0) is 14.3 Å². The Kier molecular flexibility index (Phi) is 8.17. The zero-order chi connectivity index (χ0) is 20.5. The molecule has 154 valence electrons. The predicted molar refractivity (Wildman–Crippen MR) is 106 cm³/mol. The number of hydrogen-bond donors (Lipinski definition) is 1. The number of carbonyl (C=O) groups is 2. The Bertz CT molecular complexity index is 715. The molecule has 0 bridgehead atoms. The van der Waals surface area contributed by atoms with E-state index in [1.54, 1.807) is 18.2 Å². The Morgan fingerprint density at radius 2 is 1.68 bits per heavy atom. The molecule has 1 aliphatic carbocycles. The van der Waals surface area contributed by atoms with Gasteiger partial charge in [-0.3, -0.25) is 4.79 Å². The Balaban J connectivity index is 1.91. The fourth-order valence-corrected chi connectivity index (χ4v) is 3.30. The highest BCUT2D eigenvalue weighted by molar-refractivity contribution is 5.90. The molecule has 1 N–H and O–H groups in total. The summed E-state index contributed by atoms with van der Waals surface area (Å²) in [7, 11) is 4.58. The summed E-state index contributed by atoms with van der Waals surface area (Å²) in [5, 5.41) is 2.95. The van der Waals surface area contributed by atoms with Crippen LogP contribution >= 0.6 is 0 Å². The third-order valence-corrected chi connectivity index (χ3v) is 4.94. The van der Waals surface area contributed by atoms with Crippen molar-refractivity contribution in [3.63, 3.8) is 0 Å². The van der Waals surface area contributed by atoms with Gasteiger partial charge in [-0.05, 0) is 30.9 Å². The van der Waals surface area contributed by atoms with Gasteiger partial charge in [-0.25, -0.2) is 4.79 Å². The van der Waals surface area contributed by atoms with Crippen molar-refractivity contribution in [2.45, 2.75) is 38.6 Å². The van der Waals surface area contributed by atoms with Gasteiger partial charge >= 0.3 is 5.97 Å². The first-order valence-corrected chi connectivity index (χ1v) is 9.42. The summed E-state index contributed by atoms with van der Waals surface area (Å²) in [6.07, 6.45) is 7.20. The van der Waals surface area contributed by atoms with Crippen molar-refractivity contribution < 1.29 is 28.5 Å². The summed E-state index contributed by atoms with van der Waals surface area (Å²) >= 11 is 0. The van der Waals surface area contributed by atoms with Gasteiger partial charge in [0.1, 0.15) is 5.75 Å². The first kappa shape index (κ1) is 21.6. The molecule has 7 nitrogen and oxygen atoms in total. The van der Waals surface area contributed by atoms with E-state index in [-0.39, 0.29) is 18.6 Å². The van der Waals surface area contributed by atoms with Gasteiger partial charge in [0.15, 0.2) is 18.1 Å². The van der Waals surface area contributed by atoms with E-state index >= 15 is 0 Å². The SMILES string of the molecule is COc1cc(OC)c(OC)cc1/C=C/C(=O)OCC(=O)N[C@H]1CCCC[C@@H]1C. The molecular weight excluding hydrogens is 362 g/mol. The van der Waals surface area contributed by atoms with Crippen LogP contribution in [0.15, 0.2) is 18.2 Å². The van der Waals surface area contributed by atoms with Crippen molar-refractivity contribution in [1.29, 1.82) is 0 Å². The minimum Gasteiger partial charge on any atom is -0.496 e. The second kappa shape index (κ2) is 10.6. The van der Waals surface area contributed by atoms with E-state index in [9.17, 15) is 9.59 Å². The maximum Gasteiger partial charge on any atom is 0.331 e. The third-order valence-electron chi connectivity index (χ3n) is 4.94. The zero-order valence-electron chi connectivity index (χ0n) is 16.9. The summed E-state index contributed by atoms with van der Waals surface area (Å²) in [5.41, 5.74) is 0.623. The highest BCUT2D eigenvalue weighted by Gasteiger charge is 2.23. The van der Waals surface area contributed by atoms with Crippen LogP contribution in [-0.4, -0.2) is 45.9 Å². The second-order valence-corrected chi connectivity index (χ2v) is 6.83. The van der Waals surface area contributed by atoms with Crippen LogP contribution in [0, 0.1) is 5.92 Å². The number of amides is 1. The van der Waals surface area contributed by atoms with Gasteiger partial charge in [0.05, 0.1) is 21.3 Å². The number of ether oxygens (including phenoxy) is 4. The molecule has 1 amide bonds. The quantitative estimate of drug-likeness (QED) is 0.542. The van der Waals surface area contributed by atoms with Gasteiger partial charge in [-0.1, -0.05) is 19.8 Å². The number of hydrogen-bond acceptors (Lipinski definition) is 6. The molecule has 0 saturated heterocycles. The highest BCUT2D eigenvalue weighted by atomic mass is 16.5. The molecule has 2 rings (SSSR count). The summed E-state index contributed by atoms with van der Waals surface area (Å²) in [5.74, 6) is 1.12. The molecule has 0 aromatic heterocycles. The van der Waals surface area contributed by atoms with Gasteiger partial charge in [-0.15, -0.1) is 0 Å². The molecule has 1 aliphatic rings. The van der Waals surface area contributed by atoms with Gasteiger partial charge in [0.2, 0.25) is 0 Å². The zero-order valence-corrected chi connectivity index (χ0v) is 16.9. The second-order valence-electron chi connectivity index (χ2n) is 6.83. The van der Waals surface area contributed by atoms with E-state index < -0.39 is 5.97 Å². The fourth-order valence-electron chi connectivity index (χ4n) is 3.30. The predicted octanol–water partition coefficient (Wildman–Crippen LogP) is 2.96. The number of esters is 1. The maximum atomic E-state index is 12.0. The van der Waals surface area contributed by atoms with Gasteiger partial charge in [0, 0.05) is 23.7 Å². The van der Waals surface area contributed by atoms with Crippen LogP contribution in [0.4, 0.5) is 0 Å². The molecule has 0 aliphatic heterocycles. The number of rotatable bonds is 8. The lowest BCUT2D eigenvalue weighted by Gasteiger charge is -2.29. The lowest BCUT2D eigenvalue weighted by molar-refractivity contribution is -0.144. The van der Waals surface area contributed by atoms with E-state index in [0.717, 1.165) is 19.3 Å². The Labute approximate surface area is 166 Å². The average Bonchev–Trinajstić information content (AvgIpc) is 2.71. The molecule has 1 aromatic rings. The first-order chi connectivity index (χ1) is 13.5. The average molecular weight is 391 g/mol. The van der Waals surface area contributed by atoms with Gasteiger partial charge in [-0.2, -0.15) is 0 Å². The lowest BCUT2D eigenvalue weighted by atomic mass is 9.86. The molecule has 0 unspecified atom stereocenters. The summed E-state index contributed by atoms with van der Waals surface area (Å²) in [6, 6.07) is 3.52. The number of carbonyl (C=O) groups excluding carboxylic acids is 2. The minimum atomic E-state index is -0.608. The van der Waals surface area contributed by atoms with E-state index in [2.05, 4.69) is 12.2 Å². The van der Waals surface area contributed by atoms with Crippen LogP contribution in [0.1, 0.15) is 38.2 Å². The third kappa shape index (κ3) is 5.90. The van der Waals surface area contributed by atoms with Crippen molar-refractivity contribution in [2.75, 3.05) is 27.9 Å². The molecule has 7 heteroatoms. The molecule has 1 fully saturated rings. The molecule has 0 radical (unpaired) electrons. The Morgan fingerprint density at radius 1 is 1.04 bits per heavy atom. The summed E-state index contributed by atoms with van der Waals surface area (Å²) in [6.45, 7) is 1.84. The van der Waals surface area contributed by atoms with Crippen LogP contribution in [0.2, 0.25) is 0 Å². The molecule has 0 heterocycles. The summed E-state index contributed by atoms with van der Waals surface area (Å²) < 4.78 is 20.8. The van der Waals surface area contributed by atoms with Crippen LogP contribution in [0.3, 0.4) is 0 Å². The first-order valence-electron chi connectivity index (χ1n) is 9.42. The maximum absolute atomic E-state index is 12.0. The van der Waals surface area contributed by atoms with Crippen molar-refractivity contribution in [1.82, 2.24) is 5.32 Å². The van der Waals surface area contributed by atoms with Crippen LogP contribution in [0.25, 0.3) is 6.08 Å². The standard InChI is InChI=1S/C21H29NO6/c1-14-7-5-6-8-16(14)22-20(23)13-28-21(24)10-9-15-11-18(26-3)19(27-4)12-17(15)25-2/h9-12,14,16H,5-8,13H2,1-4H3,(H,22,23)/b10-9+/t14-,16-/m0/s1. The Morgan fingerprint density at radius 3 is 2.32 bits per heavy atom. The number of benzene rings is 1. The lowest BCUT2D eigenvalue weighted by Crippen LogP contribution is -2.42. The van der Waals surface area contributed by atoms with Gasteiger partial charge in [0.25, 0.3) is 5.91 Å². The smallest absolute Gasteiger partial charge is 0.331 e. The van der Waals surface area contributed by atoms with Crippen molar-refractivity contribution in [2.24, 2.45) is 5.92 Å². The van der Waals surface area contributed by atoms with Gasteiger partial charge < -0.3 is 24.3 Å². The van der Waals surface area contributed by atoms with E-state index in [4.69, 9.17) is 18.9 Å². The molecule has 2 atom stereocenters. The van der Waals surface area contributed by atoms with Crippen molar-refractivity contribution in [3.05, 3.63) is 23.8 Å². The number of nitrogens with one attached hydrogen (secondary N) is 1. The highest BCUT2D eigenvalue weighted by Crippen LogP contribution is 2.35. The molecule has 1 saturated carbocycles. The summed E-state index contributed by atoms with van der Waals surface area (Å²) in [4.78, 5) is 24.0. The van der Waals surface area contributed by atoms with Crippen LogP contribution in [0.5, 0.6) is 17.2 Å². The van der Waals surface area contributed by atoms with E-state index in [1.165, 1.54) is 33.8 Å². The minimum absolute atomic E-state index is 0.159. The van der Waals surface area contributed by atoms with Crippen molar-refractivity contribution in [3.8, 4) is 17.2 Å². The molecule has 28 heavy (non-hydrogen) atoms. The van der Waals surface area contributed by atoms with Crippen LogP contribution < -0.4 is 19.5 Å². The fraction of sp³-hybridized carbons (Fsp3) is 0.524. The number of methoxy groups -OCH3 is 3. The van der Waals surface area contributed by atoms with Crippen molar-refractivity contribution >= 4 is 18.0 Å². The van der Waals surface area contributed by atoms with E-state index in [0.29, 0.717) is 28.7 Å². The molecular formula is C21H29NO6. The Hall–Kier alpha value is -2.70. The molecule has 0 spiro atoms. The van der Waals surface area contributed by atoms with E-state index in [1.807, 2.05) is 0 Å². The monoisotopic (exact) mass is 391 g/mol. The largest absolute Gasteiger partial charge is 0.496 e. The normalized spacial score (nSPS) is 19.1. The topological polar surface area (TPSA) is 83.1 Å². The molecule has 1 aromatic carbocycles.